The number of anilines is 1. The molecule has 0 saturated heterocycles. The third-order valence-corrected chi connectivity index (χ3v) is 7.35. The first kappa shape index (κ1) is 35.4. The molecule has 0 bridgehead atoms. The molecule has 0 aromatic heterocycles. The minimum atomic E-state index is -1.16. The Morgan fingerprint density at radius 3 is 1.77 bits per heavy atom. The number of esters is 2. The second kappa shape index (κ2) is 19.2. The number of benzene rings is 4. The molecule has 0 radical (unpaired) electrons. The molecule has 48 heavy (non-hydrogen) atoms. The standard InChI is InChI=1S/C38H41N3O7/c39-33-21-19-29(20-22-33)17-10-18-36(43)41(48-28-32-15-8-3-9-16-32)25-35(42)40-34(38(45)47-27-31-13-6-2-7-14-31)23-24-37(44)46-26-30-11-4-1-5-12-30/h1-9,11-16,19-22,34H,10,17-18,23-28,39H2,(H,40,42). The van der Waals surface area contributed by atoms with E-state index in [-0.39, 0.29) is 45.0 Å². The molecule has 0 heterocycles. The van der Waals surface area contributed by atoms with Crippen LogP contribution in [0.25, 0.3) is 0 Å². The van der Waals surface area contributed by atoms with E-state index in [1.54, 1.807) is 12.1 Å². The Hall–Kier alpha value is -5.48. The van der Waals surface area contributed by atoms with Crippen molar-refractivity contribution < 1.29 is 33.5 Å². The van der Waals surface area contributed by atoms with Crippen LogP contribution in [0.5, 0.6) is 0 Å². The molecular formula is C38H41N3O7. The fourth-order valence-electron chi connectivity index (χ4n) is 4.71. The SMILES string of the molecule is Nc1ccc(CCCC(=O)N(CC(=O)NC(CCC(=O)OCc2ccccc2)C(=O)OCc2ccccc2)OCc2ccccc2)cc1. The molecule has 10 nitrogen and oxygen atoms in total. The van der Waals surface area contributed by atoms with Crippen LogP contribution in [0, 0.1) is 0 Å². The highest BCUT2D eigenvalue weighted by Crippen LogP contribution is 2.12. The minimum Gasteiger partial charge on any atom is -0.461 e. The van der Waals surface area contributed by atoms with Crippen LogP contribution in [-0.4, -0.2) is 41.4 Å². The molecule has 0 spiro atoms. The molecule has 0 aliphatic carbocycles. The van der Waals surface area contributed by atoms with Gasteiger partial charge >= 0.3 is 11.9 Å². The molecular weight excluding hydrogens is 610 g/mol. The summed E-state index contributed by atoms with van der Waals surface area (Å²) in [4.78, 5) is 58.1. The van der Waals surface area contributed by atoms with Gasteiger partial charge in [-0.2, -0.15) is 0 Å². The molecule has 3 N–H and O–H groups in total. The fraction of sp³-hybridized carbons (Fsp3) is 0.263. The first-order valence-corrected chi connectivity index (χ1v) is 15.9. The lowest BCUT2D eigenvalue weighted by Gasteiger charge is -2.23. The fourth-order valence-corrected chi connectivity index (χ4v) is 4.71. The highest BCUT2D eigenvalue weighted by Gasteiger charge is 2.26. The summed E-state index contributed by atoms with van der Waals surface area (Å²) in [5.41, 5.74) is 9.87. The summed E-state index contributed by atoms with van der Waals surface area (Å²) in [6, 6.07) is 33.8. The van der Waals surface area contributed by atoms with E-state index in [1.807, 2.05) is 103 Å². The van der Waals surface area contributed by atoms with E-state index < -0.39 is 30.4 Å². The highest BCUT2D eigenvalue weighted by molar-refractivity contribution is 5.88. The summed E-state index contributed by atoms with van der Waals surface area (Å²) >= 11 is 0. The maximum absolute atomic E-state index is 13.3. The van der Waals surface area contributed by atoms with E-state index in [4.69, 9.17) is 20.0 Å². The molecule has 1 atom stereocenters. The number of carbonyl (C=O) groups is 4. The van der Waals surface area contributed by atoms with Crippen molar-refractivity contribution in [3.8, 4) is 0 Å². The maximum atomic E-state index is 13.3. The van der Waals surface area contributed by atoms with Crippen molar-refractivity contribution in [3.63, 3.8) is 0 Å². The van der Waals surface area contributed by atoms with E-state index in [0.717, 1.165) is 27.3 Å². The Bertz CT molecular complexity index is 1580. The van der Waals surface area contributed by atoms with Gasteiger partial charge in [0.25, 0.3) is 0 Å². The van der Waals surface area contributed by atoms with Crippen molar-refractivity contribution in [1.82, 2.24) is 10.4 Å². The molecule has 4 aromatic rings. The summed E-state index contributed by atoms with van der Waals surface area (Å²) < 4.78 is 10.8. The van der Waals surface area contributed by atoms with Crippen LogP contribution in [0.2, 0.25) is 0 Å². The summed E-state index contributed by atoms with van der Waals surface area (Å²) in [5, 5.41) is 3.67. The van der Waals surface area contributed by atoms with Gasteiger partial charge in [-0.15, -0.1) is 0 Å². The molecule has 10 heteroatoms. The summed E-state index contributed by atoms with van der Waals surface area (Å²) in [6.07, 6.45) is 1.09. The molecule has 0 saturated carbocycles. The van der Waals surface area contributed by atoms with Gasteiger partial charge < -0.3 is 20.5 Å². The Morgan fingerprint density at radius 2 is 1.19 bits per heavy atom. The lowest BCUT2D eigenvalue weighted by Crippen LogP contribution is -2.47. The zero-order chi connectivity index (χ0) is 34.0. The number of carbonyl (C=O) groups excluding carboxylic acids is 4. The van der Waals surface area contributed by atoms with E-state index >= 15 is 0 Å². The number of hydrogen-bond acceptors (Lipinski definition) is 8. The number of ether oxygens (including phenoxy) is 2. The van der Waals surface area contributed by atoms with Gasteiger partial charge in [0.15, 0.2) is 0 Å². The van der Waals surface area contributed by atoms with E-state index in [9.17, 15) is 19.2 Å². The van der Waals surface area contributed by atoms with Crippen molar-refractivity contribution >= 4 is 29.4 Å². The van der Waals surface area contributed by atoms with E-state index in [2.05, 4.69) is 5.32 Å². The van der Waals surface area contributed by atoms with Crippen molar-refractivity contribution in [3.05, 3.63) is 138 Å². The molecule has 0 aliphatic rings. The van der Waals surface area contributed by atoms with Crippen molar-refractivity contribution in [2.24, 2.45) is 0 Å². The molecule has 4 rings (SSSR count). The first-order chi connectivity index (χ1) is 23.4. The van der Waals surface area contributed by atoms with E-state index in [0.29, 0.717) is 18.5 Å². The average Bonchev–Trinajstić information content (AvgIpc) is 3.12. The molecule has 0 fully saturated rings. The molecule has 4 aromatic carbocycles. The number of amides is 2. The molecule has 1 unspecified atom stereocenters. The second-order valence-corrected chi connectivity index (χ2v) is 11.2. The number of nitrogens with two attached hydrogens (primary N) is 1. The van der Waals surface area contributed by atoms with Crippen LogP contribution in [-0.2, 0) is 59.7 Å². The van der Waals surface area contributed by atoms with Crippen LogP contribution in [0.15, 0.2) is 115 Å². The summed E-state index contributed by atoms with van der Waals surface area (Å²) in [5.74, 6) is -2.27. The predicted molar refractivity (Wildman–Crippen MR) is 180 cm³/mol. The zero-order valence-electron chi connectivity index (χ0n) is 26.8. The molecule has 250 valence electrons. The Kier molecular flexibility index (Phi) is 14.2. The topological polar surface area (TPSA) is 137 Å². The van der Waals surface area contributed by atoms with Crippen molar-refractivity contribution in [2.75, 3.05) is 12.3 Å². The van der Waals surface area contributed by atoms with Crippen LogP contribution >= 0.6 is 0 Å². The Balaban J connectivity index is 1.38. The monoisotopic (exact) mass is 651 g/mol. The van der Waals surface area contributed by atoms with Gasteiger partial charge in [-0.05, 0) is 53.6 Å². The van der Waals surface area contributed by atoms with E-state index in [1.165, 1.54) is 0 Å². The van der Waals surface area contributed by atoms with Crippen LogP contribution < -0.4 is 11.1 Å². The predicted octanol–water partition coefficient (Wildman–Crippen LogP) is 5.30. The van der Waals surface area contributed by atoms with Gasteiger partial charge in [-0.3, -0.25) is 19.2 Å². The number of nitrogen functional groups attached to an aromatic ring is 1. The van der Waals surface area contributed by atoms with Crippen LogP contribution in [0.3, 0.4) is 0 Å². The molecule has 0 aliphatic heterocycles. The normalized spacial score (nSPS) is 11.2. The number of nitrogens with one attached hydrogen (secondary N) is 1. The number of hydroxylamine groups is 2. The number of hydrogen-bond donors (Lipinski definition) is 2. The van der Waals surface area contributed by atoms with Gasteiger partial charge in [0, 0.05) is 18.5 Å². The quantitative estimate of drug-likeness (QED) is 0.0840. The molecule has 2 amide bonds. The first-order valence-electron chi connectivity index (χ1n) is 15.9. The van der Waals surface area contributed by atoms with Crippen molar-refractivity contribution in [1.29, 1.82) is 0 Å². The third kappa shape index (κ3) is 12.7. The number of aryl methyl sites for hydroxylation is 1. The van der Waals surface area contributed by atoms with Crippen LogP contribution in [0.1, 0.15) is 47.9 Å². The third-order valence-electron chi connectivity index (χ3n) is 7.35. The number of nitrogens with zero attached hydrogens (tertiary/aromatic N) is 1. The van der Waals surface area contributed by atoms with Gasteiger partial charge in [-0.1, -0.05) is 103 Å². The van der Waals surface area contributed by atoms with Gasteiger partial charge in [0.2, 0.25) is 11.8 Å². The minimum absolute atomic E-state index is 0.0106. The smallest absolute Gasteiger partial charge is 0.328 e. The van der Waals surface area contributed by atoms with Crippen LogP contribution in [0.4, 0.5) is 5.69 Å². The average molecular weight is 652 g/mol. The summed E-state index contributed by atoms with van der Waals surface area (Å²) in [7, 11) is 0. The Labute approximate surface area is 280 Å². The lowest BCUT2D eigenvalue weighted by atomic mass is 10.1. The summed E-state index contributed by atoms with van der Waals surface area (Å²) in [6.45, 7) is -0.325. The zero-order valence-corrected chi connectivity index (χ0v) is 26.8. The van der Waals surface area contributed by atoms with Gasteiger partial charge in [0.05, 0.1) is 0 Å². The van der Waals surface area contributed by atoms with Crippen molar-refractivity contribution in [2.45, 2.75) is 58.0 Å². The highest BCUT2D eigenvalue weighted by atomic mass is 16.7. The lowest BCUT2D eigenvalue weighted by molar-refractivity contribution is -0.193. The van der Waals surface area contributed by atoms with Gasteiger partial charge in [-0.25, -0.2) is 9.86 Å². The second-order valence-electron chi connectivity index (χ2n) is 11.2. The number of rotatable bonds is 18. The van der Waals surface area contributed by atoms with Gasteiger partial charge in [0.1, 0.15) is 32.4 Å². The maximum Gasteiger partial charge on any atom is 0.328 e. The Morgan fingerprint density at radius 1 is 0.646 bits per heavy atom. The largest absolute Gasteiger partial charge is 0.461 e.